The molecule has 0 aliphatic carbocycles. The molecule has 4 rings (SSSR count). The summed E-state index contributed by atoms with van der Waals surface area (Å²) in [7, 11) is 0. The van der Waals surface area contributed by atoms with Gasteiger partial charge < -0.3 is 15.0 Å². The van der Waals surface area contributed by atoms with E-state index in [2.05, 4.69) is 25.2 Å². The van der Waals surface area contributed by atoms with E-state index in [-0.39, 0.29) is 11.8 Å². The number of carbonyl (C=O) groups is 1. The van der Waals surface area contributed by atoms with Crippen molar-refractivity contribution in [1.29, 1.82) is 0 Å². The number of amides is 1. The fraction of sp³-hybridized carbons (Fsp3) is 0.273. The lowest BCUT2D eigenvalue weighted by Crippen LogP contribution is -2.40. The van der Waals surface area contributed by atoms with Gasteiger partial charge in [0.2, 0.25) is 5.91 Å². The lowest BCUT2D eigenvalue weighted by atomic mass is 9.96. The van der Waals surface area contributed by atoms with Crippen LogP contribution in [-0.4, -0.2) is 33.9 Å². The Morgan fingerprint density at radius 1 is 0.966 bits per heavy atom. The van der Waals surface area contributed by atoms with Gasteiger partial charge in [-0.1, -0.05) is 24.3 Å². The minimum atomic E-state index is -0.00914. The van der Waals surface area contributed by atoms with Crippen molar-refractivity contribution in [3.8, 4) is 11.6 Å². The van der Waals surface area contributed by atoms with E-state index in [4.69, 9.17) is 4.74 Å². The van der Waals surface area contributed by atoms with Crippen molar-refractivity contribution in [2.24, 2.45) is 5.92 Å². The van der Waals surface area contributed by atoms with Crippen LogP contribution in [0.25, 0.3) is 0 Å². The van der Waals surface area contributed by atoms with Crippen LogP contribution in [0.5, 0.6) is 11.6 Å². The maximum Gasteiger partial charge on any atom is 0.263 e. The minimum Gasteiger partial charge on any atom is -0.436 e. The zero-order valence-electron chi connectivity index (χ0n) is 16.1. The van der Waals surface area contributed by atoms with E-state index in [1.54, 1.807) is 18.6 Å². The lowest BCUT2D eigenvalue weighted by Gasteiger charge is -2.32. The van der Waals surface area contributed by atoms with Crippen molar-refractivity contribution in [3.63, 3.8) is 0 Å². The molecule has 0 unspecified atom stereocenters. The van der Waals surface area contributed by atoms with Crippen LogP contribution in [0.3, 0.4) is 0 Å². The highest BCUT2D eigenvalue weighted by molar-refractivity contribution is 5.79. The summed E-state index contributed by atoms with van der Waals surface area (Å²) in [5.74, 6) is 1.99. The Hall–Kier alpha value is -3.48. The number of pyridine rings is 1. The molecule has 1 aliphatic rings. The molecule has 1 aliphatic heterocycles. The number of hydrogen-bond acceptors (Lipinski definition) is 6. The molecule has 0 spiro atoms. The van der Waals surface area contributed by atoms with Crippen molar-refractivity contribution in [1.82, 2.24) is 20.3 Å². The number of rotatable bonds is 6. The molecule has 0 saturated carbocycles. The Kier molecular flexibility index (Phi) is 5.95. The van der Waals surface area contributed by atoms with E-state index < -0.39 is 0 Å². The Bertz CT molecular complexity index is 928. The topological polar surface area (TPSA) is 80.2 Å². The normalized spacial score (nSPS) is 14.4. The minimum absolute atomic E-state index is 0.00914. The van der Waals surface area contributed by atoms with Crippen LogP contribution in [0, 0.1) is 5.92 Å². The SMILES string of the molecule is O=C(NCc1ccccn1)C1CCN(c2nccnc2Oc2ccccc2)CC1. The standard InChI is InChI=1S/C22H23N5O2/c28-21(26-16-18-6-4-5-11-23-18)17-9-14-27(15-10-17)20-22(25-13-12-24-20)29-19-7-2-1-3-8-19/h1-8,11-13,17H,9-10,14-16H2,(H,26,28). The van der Waals surface area contributed by atoms with Gasteiger partial charge in [0.15, 0.2) is 5.82 Å². The second-order valence-electron chi connectivity index (χ2n) is 6.90. The summed E-state index contributed by atoms with van der Waals surface area (Å²) >= 11 is 0. The largest absolute Gasteiger partial charge is 0.436 e. The van der Waals surface area contributed by atoms with Crippen LogP contribution in [0.15, 0.2) is 67.1 Å². The van der Waals surface area contributed by atoms with E-state index >= 15 is 0 Å². The van der Waals surface area contributed by atoms with Gasteiger partial charge in [0, 0.05) is 37.6 Å². The van der Waals surface area contributed by atoms with Crippen LogP contribution in [-0.2, 0) is 11.3 Å². The molecule has 1 saturated heterocycles. The Balaban J connectivity index is 1.34. The first-order valence-corrected chi connectivity index (χ1v) is 9.76. The summed E-state index contributed by atoms with van der Waals surface area (Å²) in [6.45, 7) is 1.91. The van der Waals surface area contributed by atoms with Crippen LogP contribution in [0.4, 0.5) is 5.82 Å². The zero-order chi connectivity index (χ0) is 19.9. The van der Waals surface area contributed by atoms with Crippen molar-refractivity contribution in [2.75, 3.05) is 18.0 Å². The van der Waals surface area contributed by atoms with Crippen molar-refractivity contribution >= 4 is 11.7 Å². The van der Waals surface area contributed by atoms with Gasteiger partial charge in [0.1, 0.15) is 5.75 Å². The molecule has 3 aromatic rings. The van der Waals surface area contributed by atoms with Gasteiger partial charge in [-0.05, 0) is 37.1 Å². The number of aromatic nitrogens is 3. The third-order valence-electron chi connectivity index (χ3n) is 4.94. The molecule has 1 amide bonds. The highest BCUT2D eigenvalue weighted by Crippen LogP contribution is 2.30. The summed E-state index contributed by atoms with van der Waals surface area (Å²) in [6.07, 6.45) is 6.54. The Morgan fingerprint density at radius 2 is 1.72 bits per heavy atom. The number of carbonyl (C=O) groups excluding carboxylic acids is 1. The van der Waals surface area contributed by atoms with Gasteiger partial charge in [-0.2, -0.15) is 0 Å². The number of para-hydroxylation sites is 1. The molecule has 2 aromatic heterocycles. The molecule has 148 valence electrons. The number of hydrogen-bond donors (Lipinski definition) is 1. The second-order valence-corrected chi connectivity index (χ2v) is 6.90. The first-order valence-electron chi connectivity index (χ1n) is 9.76. The van der Waals surface area contributed by atoms with Crippen LogP contribution >= 0.6 is 0 Å². The van der Waals surface area contributed by atoms with Crippen LogP contribution in [0.1, 0.15) is 18.5 Å². The second kappa shape index (κ2) is 9.14. The number of anilines is 1. The smallest absolute Gasteiger partial charge is 0.263 e. The number of ether oxygens (including phenoxy) is 1. The molecule has 3 heterocycles. The average molecular weight is 389 g/mol. The first kappa shape index (κ1) is 18.9. The van der Waals surface area contributed by atoms with Crippen molar-refractivity contribution < 1.29 is 9.53 Å². The lowest BCUT2D eigenvalue weighted by molar-refractivity contribution is -0.125. The summed E-state index contributed by atoms with van der Waals surface area (Å²) in [5.41, 5.74) is 0.862. The highest BCUT2D eigenvalue weighted by atomic mass is 16.5. The van der Waals surface area contributed by atoms with E-state index in [0.717, 1.165) is 37.4 Å². The first-order chi connectivity index (χ1) is 14.3. The van der Waals surface area contributed by atoms with E-state index in [9.17, 15) is 4.79 Å². The van der Waals surface area contributed by atoms with Gasteiger partial charge in [-0.25, -0.2) is 9.97 Å². The number of nitrogens with one attached hydrogen (secondary N) is 1. The van der Waals surface area contributed by atoms with E-state index in [0.29, 0.717) is 18.2 Å². The maximum absolute atomic E-state index is 12.5. The third kappa shape index (κ3) is 4.87. The fourth-order valence-corrected chi connectivity index (χ4v) is 3.39. The summed E-state index contributed by atoms with van der Waals surface area (Å²) < 4.78 is 5.92. The molecule has 7 heteroatoms. The maximum atomic E-state index is 12.5. The molecule has 1 fully saturated rings. The zero-order valence-corrected chi connectivity index (χ0v) is 16.1. The summed E-state index contributed by atoms with van der Waals surface area (Å²) in [5, 5.41) is 2.99. The molecule has 1 aromatic carbocycles. The predicted molar refractivity (Wildman–Crippen MR) is 110 cm³/mol. The number of nitrogens with zero attached hydrogens (tertiary/aromatic N) is 4. The molecule has 7 nitrogen and oxygen atoms in total. The van der Waals surface area contributed by atoms with Gasteiger partial charge in [-0.15, -0.1) is 0 Å². The third-order valence-corrected chi connectivity index (χ3v) is 4.94. The van der Waals surface area contributed by atoms with Crippen molar-refractivity contribution in [2.45, 2.75) is 19.4 Å². The molecular formula is C22H23N5O2. The van der Waals surface area contributed by atoms with E-state index in [1.807, 2.05) is 48.5 Å². The highest BCUT2D eigenvalue weighted by Gasteiger charge is 2.27. The molecule has 0 bridgehead atoms. The quantitative estimate of drug-likeness (QED) is 0.697. The fourth-order valence-electron chi connectivity index (χ4n) is 3.39. The molecular weight excluding hydrogens is 366 g/mol. The van der Waals surface area contributed by atoms with Gasteiger partial charge >= 0.3 is 0 Å². The van der Waals surface area contributed by atoms with E-state index in [1.165, 1.54) is 0 Å². The van der Waals surface area contributed by atoms with Crippen LogP contribution < -0.4 is 15.0 Å². The van der Waals surface area contributed by atoms with Gasteiger partial charge in [0.25, 0.3) is 5.88 Å². The molecule has 0 atom stereocenters. The van der Waals surface area contributed by atoms with Crippen molar-refractivity contribution in [3.05, 3.63) is 72.8 Å². The summed E-state index contributed by atoms with van der Waals surface area (Å²) in [6, 6.07) is 15.2. The average Bonchev–Trinajstić information content (AvgIpc) is 2.79. The number of piperidine rings is 1. The summed E-state index contributed by atoms with van der Waals surface area (Å²) in [4.78, 5) is 27.7. The van der Waals surface area contributed by atoms with Crippen LogP contribution in [0.2, 0.25) is 0 Å². The van der Waals surface area contributed by atoms with Gasteiger partial charge in [-0.3, -0.25) is 9.78 Å². The molecule has 0 radical (unpaired) electrons. The monoisotopic (exact) mass is 389 g/mol. The molecule has 1 N–H and O–H groups in total. The van der Waals surface area contributed by atoms with Gasteiger partial charge in [0.05, 0.1) is 12.2 Å². The molecule has 29 heavy (non-hydrogen) atoms. The predicted octanol–water partition coefficient (Wildman–Crippen LogP) is 3.20. The Labute approximate surface area is 169 Å². The number of benzene rings is 1. The Morgan fingerprint density at radius 3 is 2.48 bits per heavy atom.